The normalized spacial score (nSPS) is 12.3. The Kier molecular flexibility index (Phi) is 4.00. The van der Waals surface area contributed by atoms with Crippen molar-refractivity contribution in [3.8, 4) is 5.75 Å². The number of fused-ring (bicyclic) bond motifs is 1. The van der Waals surface area contributed by atoms with Gasteiger partial charge in [0.25, 0.3) is 0 Å². The molecule has 0 aliphatic carbocycles. The van der Waals surface area contributed by atoms with Gasteiger partial charge in [-0.25, -0.2) is 4.98 Å². The zero-order chi connectivity index (χ0) is 16.6. The van der Waals surface area contributed by atoms with E-state index in [4.69, 9.17) is 26.5 Å². The van der Waals surface area contributed by atoms with Gasteiger partial charge in [-0.2, -0.15) is 4.98 Å². The van der Waals surface area contributed by atoms with Gasteiger partial charge in [0.1, 0.15) is 28.1 Å². The molecule has 1 atom stereocenters. The molecule has 0 saturated carbocycles. The van der Waals surface area contributed by atoms with Crippen LogP contribution in [0.5, 0.6) is 5.75 Å². The van der Waals surface area contributed by atoms with E-state index in [9.17, 15) is 0 Å². The second-order valence-corrected chi connectivity index (χ2v) is 5.64. The summed E-state index contributed by atoms with van der Waals surface area (Å²) in [7, 11) is 1.64. The summed E-state index contributed by atoms with van der Waals surface area (Å²) in [6.45, 7) is 3.99. The first kappa shape index (κ1) is 15.4. The van der Waals surface area contributed by atoms with Crippen molar-refractivity contribution in [2.75, 3.05) is 18.2 Å². The number of nitrogens with two attached hydrogens (primary N) is 1. The number of hydrogen-bond donors (Lipinski definition) is 2. The Morgan fingerprint density at radius 1 is 1.30 bits per heavy atom. The van der Waals surface area contributed by atoms with Crippen LogP contribution in [0.25, 0.3) is 11.0 Å². The van der Waals surface area contributed by atoms with Crippen LogP contribution in [0.15, 0.2) is 28.7 Å². The Hall–Kier alpha value is -2.47. The molecule has 0 radical (unpaired) electrons. The SMILES string of the molecule is COc1ccc2oc(C(C)Nc3cc(Cl)nc(N)n3)c(C)c2c1. The Morgan fingerprint density at radius 3 is 2.78 bits per heavy atom. The molecule has 6 nitrogen and oxygen atoms in total. The van der Waals surface area contributed by atoms with Gasteiger partial charge in [-0.1, -0.05) is 11.6 Å². The van der Waals surface area contributed by atoms with Crippen LogP contribution < -0.4 is 15.8 Å². The third-order valence-corrected chi connectivity index (χ3v) is 3.84. The van der Waals surface area contributed by atoms with Crippen molar-refractivity contribution < 1.29 is 9.15 Å². The molecule has 120 valence electrons. The molecule has 0 aliphatic rings. The number of furan rings is 1. The molecule has 1 unspecified atom stereocenters. The van der Waals surface area contributed by atoms with Crippen LogP contribution in [0, 0.1) is 6.92 Å². The number of rotatable bonds is 4. The molecule has 0 fully saturated rings. The molecule has 7 heteroatoms. The number of aryl methyl sites for hydroxylation is 1. The van der Waals surface area contributed by atoms with Gasteiger partial charge in [0.2, 0.25) is 5.95 Å². The Labute approximate surface area is 138 Å². The molecule has 23 heavy (non-hydrogen) atoms. The molecule has 2 heterocycles. The lowest BCUT2D eigenvalue weighted by Gasteiger charge is -2.13. The molecule has 0 aliphatic heterocycles. The van der Waals surface area contributed by atoms with Gasteiger partial charge < -0.3 is 20.2 Å². The van der Waals surface area contributed by atoms with Crippen LogP contribution in [-0.4, -0.2) is 17.1 Å². The van der Waals surface area contributed by atoms with E-state index >= 15 is 0 Å². The maximum Gasteiger partial charge on any atom is 0.223 e. The summed E-state index contributed by atoms with van der Waals surface area (Å²) in [5.41, 5.74) is 7.47. The van der Waals surface area contributed by atoms with Crippen molar-refractivity contribution in [1.29, 1.82) is 0 Å². The lowest BCUT2D eigenvalue weighted by atomic mass is 10.1. The largest absolute Gasteiger partial charge is 0.497 e. The third kappa shape index (κ3) is 3.03. The van der Waals surface area contributed by atoms with Crippen molar-refractivity contribution in [1.82, 2.24) is 9.97 Å². The number of hydrogen-bond acceptors (Lipinski definition) is 6. The first-order chi connectivity index (χ1) is 11.0. The van der Waals surface area contributed by atoms with Gasteiger partial charge in [0, 0.05) is 17.0 Å². The first-order valence-corrected chi connectivity index (χ1v) is 7.49. The highest BCUT2D eigenvalue weighted by molar-refractivity contribution is 6.29. The lowest BCUT2D eigenvalue weighted by molar-refractivity contribution is 0.415. The highest BCUT2D eigenvalue weighted by Crippen LogP contribution is 2.33. The highest BCUT2D eigenvalue weighted by atomic mass is 35.5. The van der Waals surface area contributed by atoms with Crippen LogP contribution >= 0.6 is 11.6 Å². The number of anilines is 2. The molecular formula is C16H17ClN4O2. The first-order valence-electron chi connectivity index (χ1n) is 7.11. The predicted molar refractivity (Wildman–Crippen MR) is 91.0 cm³/mol. The van der Waals surface area contributed by atoms with E-state index in [1.54, 1.807) is 13.2 Å². The minimum Gasteiger partial charge on any atom is -0.497 e. The summed E-state index contributed by atoms with van der Waals surface area (Å²) >= 11 is 5.90. The van der Waals surface area contributed by atoms with Crippen molar-refractivity contribution >= 4 is 34.3 Å². The van der Waals surface area contributed by atoms with E-state index in [2.05, 4.69) is 15.3 Å². The molecule has 2 aromatic heterocycles. The van der Waals surface area contributed by atoms with Gasteiger partial charge >= 0.3 is 0 Å². The summed E-state index contributed by atoms with van der Waals surface area (Å²) in [5, 5.41) is 4.54. The van der Waals surface area contributed by atoms with E-state index in [0.717, 1.165) is 28.0 Å². The van der Waals surface area contributed by atoms with Gasteiger partial charge in [0.15, 0.2) is 0 Å². The van der Waals surface area contributed by atoms with Gasteiger partial charge in [-0.15, -0.1) is 0 Å². The average Bonchev–Trinajstić information content (AvgIpc) is 2.83. The highest BCUT2D eigenvalue weighted by Gasteiger charge is 2.18. The molecular weight excluding hydrogens is 316 g/mol. The Morgan fingerprint density at radius 2 is 2.09 bits per heavy atom. The molecule has 1 aromatic carbocycles. The number of methoxy groups -OCH3 is 1. The summed E-state index contributed by atoms with van der Waals surface area (Å²) < 4.78 is 11.2. The minimum atomic E-state index is -0.112. The molecule has 0 spiro atoms. The van der Waals surface area contributed by atoms with Crippen molar-refractivity contribution in [3.05, 3.63) is 40.7 Å². The molecule has 0 bridgehead atoms. The third-order valence-electron chi connectivity index (χ3n) is 3.65. The van der Waals surface area contributed by atoms with Gasteiger partial charge in [-0.3, -0.25) is 0 Å². The zero-order valence-electron chi connectivity index (χ0n) is 13.1. The van der Waals surface area contributed by atoms with Crippen molar-refractivity contribution in [2.24, 2.45) is 0 Å². The van der Waals surface area contributed by atoms with E-state index in [1.807, 2.05) is 32.0 Å². The summed E-state index contributed by atoms with van der Waals surface area (Å²) in [6, 6.07) is 7.24. The van der Waals surface area contributed by atoms with Crippen LogP contribution in [0.1, 0.15) is 24.3 Å². The number of aromatic nitrogens is 2. The number of nitrogens with zero attached hydrogens (tertiary/aromatic N) is 2. The number of halogens is 1. The molecule has 3 aromatic rings. The molecule has 3 rings (SSSR count). The maximum absolute atomic E-state index is 5.97. The minimum absolute atomic E-state index is 0.112. The van der Waals surface area contributed by atoms with E-state index < -0.39 is 0 Å². The molecule has 0 amide bonds. The van der Waals surface area contributed by atoms with Gasteiger partial charge in [-0.05, 0) is 32.0 Å². The zero-order valence-corrected chi connectivity index (χ0v) is 13.8. The van der Waals surface area contributed by atoms with Crippen LogP contribution in [-0.2, 0) is 0 Å². The number of nitrogens with one attached hydrogen (secondary N) is 1. The number of ether oxygens (including phenoxy) is 1. The topological polar surface area (TPSA) is 86.2 Å². The second kappa shape index (κ2) is 5.96. The number of benzene rings is 1. The lowest BCUT2D eigenvalue weighted by Crippen LogP contribution is -2.09. The predicted octanol–water partition coefficient (Wildman–Crippen LogP) is 3.95. The Bertz CT molecular complexity index is 842. The van der Waals surface area contributed by atoms with Crippen LogP contribution in [0.2, 0.25) is 5.15 Å². The fourth-order valence-corrected chi connectivity index (χ4v) is 2.75. The van der Waals surface area contributed by atoms with E-state index in [0.29, 0.717) is 11.0 Å². The fourth-order valence-electron chi connectivity index (χ4n) is 2.56. The molecule has 3 N–H and O–H groups in total. The monoisotopic (exact) mass is 332 g/mol. The van der Waals surface area contributed by atoms with Crippen molar-refractivity contribution in [2.45, 2.75) is 19.9 Å². The van der Waals surface area contributed by atoms with Gasteiger partial charge in [0.05, 0.1) is 13.2 Å². The summed E-state index contributed by atoms with van der Waals surface area (Å²) in [6.07, 6.45) is 0. The smallest absolute Gasteiger partial charge is 0.223 e. The standard InChI is InChI=1S/C16H17ClN4O2/c1-8-11-6-10(22-3)4-5-12(11)23-15(8)9(2)19-14-7-13(17)20-16(18)21-14/h4-7,9H,1-3H3,(H3,18,19,20,21). The molecule has 0 saturated heterocycles. The number of nitrogen functional groups attached to an aromatic ring is 1. The summed E-state index contributed by atoms with van der Waals surface area (Å²) in [4.78, 5) is 7.96. The maximum atomic E-state index is 5.97. The Balaban J connectivity index is 1.94. The van der Waals surface area contributed by atoms with E-state index in [-0.39, 0.29) is 12.0 Å². The fraction of sp³-hybridized carbons (Fsp3) is 0.250. The van der Waals surface area contributed by atoms with E-state index in [1.165, 1.54) is 0 Å². The van der Waals surface area contributed by atoms with Crippen LogP contribution in [0.4, 0.5) is 11.8 Å². The quantitative estimate of drug-likeness (QED) is 0.703. The summed E-state index contributed by atoms with van der Waals surface area (Å²) in [5.74, 6) is 2.29. The second-order valence-electron chi connectivity index (χ2n) is 5.25. The van der Waals surface area contributed by atoms with Crippen LogP contribution in [0.3, 0.4) is 0 Å². The van der Waals surface area contributed by atoms with Crippen molar-refractivity contribution in [3.63, 3.8) is 0 Å². The average molecular weight is 333 g/mol.